The smallest absolute Gasteiger partial charge is 0.165 e. The van der Waals surface area contributed by atoms with Gasteiger partial charge in [0.2, 0.25) is 0 Å². The van der Waals surface area contributed by atoms with Crippen molar-refractivity contribution in [3.05, 3.63) is 5.82 Å². The molecule has 2 heterocycles. The first-order valence-corrected chi connectivity index (χ1v) is 6.08. The van der Waals surface area contributed by atoms with Crippen molar-refractivity contribution in [3.63, 3.8) is 0 Å². The fraction of sp³-hybridized carbons (Fsp3) is 0.900. The van der Waals surface area contributed by atoms with E-state index in [0.717, 1.165) is 51.5 Å². The molecule has 16 heavy (non-hydrogen) atoms. The van der Waals surface area contributed by atoms with E-state index in [2.05, 4.69) is 32.7 Å². The summed E-state index contributed by atoms with van der Waals surface area (Å²) in [7, 11) is 0. The third kappa shape index (κ3) is 2.99. The molecule has 0 saturated carbocycles. The quantitative estimate of drug-likeness (QED) is 0.755. The van der Waals surface area contributed by atoms with Crippen molar-refractivity contribution in [2.75, 3.05) is 26.2 Å². The van der Waals surface area contributed by atoms with Crippen LogP contribution in [0.25, 0.3) is 0 Å². The van der Waals surface area contributed by atoms with Gasteiger partial charge in [-0.15, -0.1) is 5.10 Å². The zero-order chi connectivity index (χ0) is 11.2. The summed E-state index contributed by atoms with van der Waals surface area (Å²) in [5, 5.41) is 15.2. The fourth-order valence-electron chi connectivity index (χ4n) is 1.89. The Bertz CT molecular complexity index is 304. The predicted octanol–water partition coefficient (Wildman–Crippen LogP) is -0.122. The van der Waals surface area contributed by atoms with E-state index in [1.54, 1.807) is 0 Å². The van der Waals surface area contributed by atoms with Crippen LogP contribution in [0.15, 0.2) is 0 Å². The van der Waals surface area contributed by atoms with Crippen LogP contribution in [-0.4, -0.2) is 51.3 Å². The number of aryl methyl sites for hydroxylation is 1. The largest absolute Gasteiger partial charge is 0.314 e. The SMILES string of the molecule is CCCCn1nnnc1CN1CCNCC1. The van der Waals surface area contributed by atoms with E-state index < -0.39 is 0 Å². The lowest BCUT2D eigenvalue weighted by Crippen LogP contribution is -2.43. The maximum atomic E-state index is 4.10. The number of tetrazole rings is 1. The number of hydrogen-bond acceptors (Lipinski definition) is 5. The highest BCUT2D eigenvalue weighted by Gasteiger charge is 2.13. The lowest BCUT2D eigenvalue weighted by molar-refractivity contribution is 0.223. The summed E-state index contributed by atoms with van der Waals surface area (Å²) in [4.78, 5) is 2.39. The van der Waals surface area contributed by atoms with Gasteiger partial charge in [-0.1, -0.05) is 13.3 Å². The minimum Gasteiger partial charge on any atom is -0.314 e. The Balaban J connectivity index is 1.89. The zero-order valence-corrected chi connectivity index (χ0v) is 9.89. The molecule has 0 amide bonds. The van der Waals surface area contributed by atoms with Crippen LogP contribution in [0.1, 0.15) is 25.6 Å². The highest BCUT2D eigenvalue weighted by molar-refractivity contribution is 4.82. The summed E-state index contributed by atoms with van der Waals surface area (Å²) in [6, 6.07) is 0. The van der Waals surface area contributed by atoms with Crippen molar-refractivity contribution in [2.45, 2.75) is 32.9 Å². The molecule has 6 heteroatoms. The van der Waals surface area contributed by atoms with Gasteiger partial charge in [-0.2, -0.15) is 0 Å². The molecular weight excluding hydrogens is 204 g/mol. The summed E-state index contributed by atoms with van der Waals surface area (Å²) in [5.74, 6) is 0.996. The lowest BCUT2D eigenvalue weighted by atomic mass is 10.3. The van der Waals surface area contributed by atoms with Crippen LogP contribution in [0.2, 0.25) is 0 Å². The standard InChI is InChI=1S/C10H20N6/c1-2-3-6-16-10(12-13-14-16)9-15-7-4-11-5-8-15/h11H,2-9H2,1H3. The number of hydrogen-bond donors (Lipinski definition) is 1. The van der Waals surface area contributed by atoms with Gasteiger partial charge in [0.1, 0.15) is 0 Å². The summed E-state index contributed by atoms with van der Waals surface area (Å²) in [5.41, 5.74) is 0. The van der Waals surface area contributed by atoms with Crippen molar-refractivity contribution in [2.24, 2.45) is 0 Å². The van der Waals surface area contributed by atoms with Crippen molar-refractivity contribution in [1.29, 1.82) is 0 Å². The van der Waals surface area contributed by atoms with Crippen molar-refractivity contribution in [1.82, 2.24) is 30.4 Å². The van der Waals surface area contributed by atoms with Gasteiger partial charge in [0.05, 0.1) is 6.54 Å². The monoisotopic (exact) mass is 224 g/mol. The Morgan fingerprint density at radius 3 is 2.88 bits per heavy atom. The van der Waals surface area contributed by atoms with Crippen molar-refractivity contribution >= 4 is 0 Å². The van der Waals surface area contributed by atoms with Crippen LogP contribution in [0.4, 0.5) is 0 Å². The minimum absolute atomic E-state index is 0.873. The molecule has 1 aliphatic rings. The van der Waals surface area contributed by atoms with Gasteiger partial charge in [0.25, 0.3) is 0 Å². The van der Waals surface area contributed by atoms with Gasteiger partial charge in [-0.05, 0) is 16.8 Å². The molecule has 90 valence electrons. The van der Waals surface area contributed by atoms with Crippen LogP contribution < -0.4 is 5.32 Å². The molecule has 0 spiro atoms. The first-order chi connectivity index (χ1) is 7.90. The van der Waals surface area contributed by atoms with E-state index in [1.165, 1.54) is 6.42 Å². The Hall–Kier alpha value is -1.01. The number of rotatable bonds is 5. The van der Waals surface area contributed by atoms with E-state index in [-0.39, 0.29) is 0 Å². The van der Waals surface area contributed by atoms with Gasteiger partial charge in [0, 0.05) is 32.7 Å². The van der Waals surface area contributed by atoms with Gasteiger partial charge >= 0.3 is 0 Å². The summed E-state index contributed by atoms with van der Waals surface area (Å²) < 4.78 is 1.94. The van der Waals surface area contributed by atoms with Crippen LogP contribution in [0.5, 0.6) is 0 Å². The number of nitrogens with zero attached hydrogens (tertiary/aromatic N) is 5. The first-order valence-electron chi connectivity index (χ1n) is 6.08. The molecule has 1 aliphatic heterocycles. The molecule has 0 aliphatic carbocycles. The van der Waals surface area contributed by atoms with E-state index in [9.17, 15) is 0 Å². The molecule has 0 radical (unpaired) electrons. The van der Waals surface area contributed by atoms with Crippen LogP contribution in [0.3, 0.4) is 0 Å². The third-order valence-corrected chi connectivity index (χ3v) is 2.90. The van der Waals surface area contributed by atoms with Gasteiger partial charge in [0.15, 0.2) is 5.82 Å². The van der Waals surface area contributed by atoms with E-state index in [0.29, 0.717) is 0 Å². The second-order valence-electron chi connectivity index (χ2n) is 4.20. The molecule has 6 nitrogen and oxygen atoms in total. The Morgan fingerprint density at radius 1 is 1.31 bits per heavy atom. The van der Waals surface area contributed by atoms with Crippen molar-refractivity contribution in [3.8, 4) is 0 Å². The first kappa shape index (κ1) is 11.5. The molecule has 1 aromatic heterocycles. The zero-order valence-electron chi connectivity index (χ0n) is 9.89. The maximum absolute atomic E-state index is 4.10. The van der Waals surface area contributed by atoms with Gasteiger partial charge < -0.3 is 5.32 Å². The van der Waals surface area contributed by atoms with E-state index >= 15 is 0 Å². The molecule has 0 aromatic carbocycles. The molecule has 0 unspecified atom stereocenters. The minimum atomic E-state index is 0.873. The molecule has 1 saturated heterocycles. The average molecular weight is 224 g/mol. The van der Waals surface area contributed by atoms with Crippen LogP contribution in [-0.2, 0) is 13.1 Å². The van der Waals surface area contributed by atoms with Gasteiger partial charge in [-0.25, -0.2) is 4.68 Å². The Kier molecular flexibility index (Phi) is 4.24. The number of aromatic nitrogens is 4. The molecule has 1 N–H and O–H groups in total. The highest BCUT2D eigenvalue weighted by atomic mass is 15.5. The van der Waals surface area contributed by atoms with Crippen LogP contribution in [0, 0.1) is 0 Å². The molecule has 0 atom stereocenters. The number of unbranched alkanes of at least 4 members (excludes halogenated alkanes) is 1. The third-order valence-electron chi connectivity index (χ3n) is 2.90. The molecule has 1 fully saturated rings. The molecule has 2 rings (SSSR count). The average Bonchev–Trinajstić information content (AvgIpc) is 2.75. The number of piperazine rings is 1. The lowest BCUT2D eigenvalue weighted by Gasteiger charge is -2.26. The van der Waals surface area contributed by atoms with E-state index in [4.69, 9.17) is 0 Å². The predicted molar refractivity (Wildman–Crippen MR) is 60.9 cm³/mol. The summed E-state index contributed by atoms with van der Waals surface area (Å²) >= 11 is 0. The van der Waals surface area contributed by atoms with Gasteiger partial charge in [-0.3, -0.25) is 4.90 Å². The van der Waals surface area contributed by atoms with Crippen LogP contribution >= 0.6 is 0 Å². The summed E-state index contributed by atoms with van der Waals surface area (Å²) in [6.45, 7) is 8.29. The Labute approximate surface area is 96.0 Å². The normalized spacial score (nSPS) is 17.8. The second-order valence-corrected chi connectivity index (χ2v) is 4.20. The molecule has 1 aromatic rings. The second kappa shape index (κ2) is 5.91. The maximum Gasteiger partial charge on any atom is 0.165 e. The number of nitrogens with one attached hydrogen (secondary N) is 1. The van der Waals surface area contributed by atoms with E-state index in [1.807, 2.05) is 4.68 Å². The Morgan fingerprint density at radius 2 is 2.12 bits per heavy atom. The highest BCUT2D eigenvalue weighted by Crippen LogP contribution is 2.03. The fourth-order valence-corrected chi connectivity index (χ4v) is 1.89. The van der Waals surface area contributed by atoms with Crippen molar-refractivity contribution < 1.29 is 0 Å². The topological polar surface area (TPSA) is 58.9 Å². The summed E-state index contributed by atoms with van der Waals surface area (Å²) in [6.07, 6.45) is 2.31. The molecular formula is C10H20N6. The molecule has 0 bridgehead atoms.